The normalized spacial score (nSPS) is 17.0. The molecule has 0 atom stereocenters. The molecule has 0 aliphatic carbocycles. The van der Waals surface area contributed by atoms with E-state index in [1.54, 1.807) is 0 Å². The van der Waals surface area contributed by atoms with E-state index in [9.17, 15) is 0 Å². The Morgan fingerprint density at radius 1 is 1.10 bits per heavy atom. The maximum atomic E-state index is 4.59. The molecular formula is C16H29N5. The summed E-state index contributed by atoms with van der Waals surface area (Å²) in [6.45, 7) is 12.9. The highest BCUT2D eigenvalue weighted by atomic mass is 15.2. The lowest BCUT2D eigenvalue weighted by atomic mass is 10.0. The summed E-state index contributed by atoms with van der Waals surface area (Å²) in [5.41, 5.74) is 1.12. The third-order valence-electron chi connectivity index (χ3n) is 4.07. The van der Waals surface area contributed by atoms with Crippen LogP contribution >= 0.6 is 0 Å². The van der Waals surface area contributed by atoms with Gasteiger partial charge in [0.15, 0.2) is 0 Å². The van der Waals surface area contributed by atoms with Crippen LogP contribution in [0, 0.1) is 13.8 Å². The molecule has 1 aromatic rings. The van der Waals surface area contributed by atoms with Crippen LogP contribution in [0.2, 0.25) is 0 Å². The molecule has 0 aromatic carbocycles. The van der Waals surface area contributed by atoms with Gasteiger partial charge in [0.05, 0.1) is 0 Å². The van der Waals surface area contributed by atoms with Crippen molar-refractivity contribution in [3.63, 3.8) is 0 Å². The number of aromatic nitrogens is 2. The van der Waals surface area contributed by atoms with E-state index in [1.165, 1.54) is 38.9 Å². The number of likely N-dealkylation sites (tertiary alicyclic amines) is 1. The molecule has 118 valence electrons. The quantitative estimate of drug-likeness (QED) is 0.844. The second-order valence-corrected chi connectivity index (χ2v) is 5.88. The lowest BCUT2D eigenvalue weighted by Gasteiger charge is -2.32. The predicted octanol–water partition coefficient (Wildman–Crippen LogP) is 2.81. The number of nitrogens with one attached hydrogen (secondary N) is 2. The van der Waals surface area contributed by atoms with E-state index in [1.807, 2.05) is 6.92 Å². The van der Waals surface area contributed by atoms with E-state index in [0.29, 0.717) is 6.04 Å². The first kappa shape index (κ1) is 16.0. The summed E-state index contributed by atoms with van der Waals surface area (Å²) in [6.07, 6.45) is 3.63. The van der Waals surface area contributed by atoms with Gasteiger partial charge in [-0.3, -0.25) is 0 Å². The number of piperidine rings is 1. The lowest BCUT2D eigenvalue weighted by Crippen LogP contribution is -2.39. The summed E-state index contributed by atoms with van der Waals surface area (Å²) in [5, 5.41) is 6.95. The highest BCUT2D eigenvalue weighted by Gasteiger charge is 2.20. The van der Waals surface area contributed by atoms with Crippen LogP contribution in [0.25, 0.3) is 0 Å². The fraction of sp³-hybridized carbons (Fsp3) is 0.750. The standard InChI is InChI=1S/C16H29N5/c1-5-9-21-10-7-14(8-11-21)20-16-12(3)15(17-6-2)18-13(4)19-16/h14H,5-11H2,1-4H3,(H2,17,18,19,20). The molecule has 2 N–H and O–H groups in total. The van der Waals surface area contributed by atoms with E-state index in [0.717, 1.165) is 29.6 Å². The molecule has 1 fully saturated rings. The van der Waals surface area contributed by atoms with Crippen LogP contribution in [0.15, 0.2) is 0 Å². The van der Waals surface area contributed by atoms with Gasteiger partial charge < -0.3 is 15.5 Å². The third-order valence-corrected chi connectivity index (χ3v) is 4.07. The van der Waals surface area contributed by atoms with Crippen molar-refractivity contribution in [3.8, 4) is 0 Å². The molecule has 21 heavy (non-hydrogen) atoms. The summed E-state index contributed by atoms with van der Waals surface area (Å²) >= 11 is 0. The third kappa shape index (κ3) is 4.30. The first-order chi connectivity index (χ1) is 10.1. The highest BCUT2D eigenvalue weighted by molar-refractivity contribution is 5.57. The molecule has 1 aliphatic heterocycles. The molecule has 1 saturated heterocycles. The van der Waals surface area contributed by atoms with Crippen molar-refractivity contribution in [2.75, 3.05) is 36.8 Å². The van der Waals surface area contributed by atoms with Crippen LogP contribution < -0.4 is 10.6 Å². The number of hydrogen-bond acceptors (Lipinski definition) is 5. The van der Waals surface area contributed by atoms with E-state index >= 15 is 0 Å². The minimum Gasteiger partial charge on any atom is -0.370 e. The van der Waals surface area contributed by atoms with Crippen LogP contribution in [0.5, 0.6) is 0 Å². The fourth-order valence-electron chi connectivity index (χ4n) is 2.92. The lowest BCUT2D eigenvalue weighted by molar-refractivity contribution is 0.219. The molecule has 2 heterocycles. The first-order valence-electron chi connectivity index (χ1n) is 8.22. The van der Waals surface area contributed by atoms with Crippen molar-refractivity contribution in [1.82, 2.24) is 14.9 Å². The molecule has 5 nitrogen and oxygen atoms in total. The summed E-state index contributed by atoms with van der Waals surface area (Å²) < 4.78 is 0. The second-order valence-electron chi connectivity index (χ2n) is 5.88. The van der Waals surface area contributed by atoms with Gasteiger partial charge in [0.1, 0.15) is 17.5 Å². The number of aryl methyl sites for hydroxylation is 1. The van der Waals surface area contributed by atoms with Crippen LogP contribution in [0.3, 0.4) is 0 Å². The van der Waals surface area contributed by atoms with Crippen LogP contribution in [0.4, 0.5) is 11.6 Å². The average Bonchev–Trinajstić information content (AvgIpc) is 2.46. The van der Waals surface area contributed by atoms with Crippen molar-refractivity contribution in [2.24, 2.45) is 0 Å². The molecule has 0 radical (unpaired) electrons. The minimum atomic E-state index is 0.528. The summed E-state index contributed by atoms with van der Waals surface area (Å²) in [7, 11) is 0. The maximum absolute atomic E-state index is 4.59. The Bertz CT molecular complexity index is 452. The van der Waals surface area contributed by atoms with Gasteiger partial charge in [0.25, 0.3) is 0 Å². The van der Waals surface area contributed by atoms with E-state index in [2.05, 4.69) is 46.3 Å². The fourth-order valence-corrected chi connectivity index (χ4v) is 2.92. The summed E-state index contributed by atoms with van der Waals surface area (Å²) in [5.74, 6) is 2.77. The largest absolute Gasteiger partial charge is 0.370 e. The van der Waals surface area contributed by atoms with Gasteiger partial charge in [-0.25, -0.2) is 9.97 Å². The van der Waals surface area contributed by atoms with E-state index in [-0.39, 0.29) is 0 Å². The zero-order valence-corrected chi connectivity index (χ0v) is 13.9. The van der Waals surface area contributed by atoms with Gasteiger partial charge in [-0.2, -0.15) is 0 Å². The van der Waals surface area contributed by atoms with Gasteiger partial charge in [-0.05, 0) is 46.6 Å². The van der Waals surface area contributed by atoms with E-state index in [4.69, 9.17) is 0 Å². The van der Waals surface area contributed by atoms with Gasteiger partial charge in [-0.1, -0.05) is 6.92 Å². The zero-order chi connectivity index (χ0) is 15.2. The number of rotatable bonds is 6. The van der Waals surface area contributed by atoms with Crippen molar-refractivity contribution in [2.45, 2.75) is 53.0 Å². The Hall–Kier alpha value is -1.36. The Kier molecular flexibility index (Phi) is 5.79. The van der Waals surface area contributed by atoms with Gasteiger partial charge >= 0.3 is 0 Å². The molecule has 0 bridgehead atoms. The Labute approximate surface area is 128 Å². The molecule has 1 aliphatic rings. The van der Waals surface area contributed by atoms with Gasteiger partial charge in [0, 0.05) is 31.2 Å². The van der Waals surface area contributed by atoms with Crippen molar-refractivity contribution in [3.05, 3.63) is 11.4 Å². The SMILES string of the molecule is CCCN1CCC(Nc2nc(C)nc(NCC)c2C)CC1. The number of anilines is 2. The van der Waals surface area contributed by atoms with Crippen molar-refractivity contribution >= 4 is 11.6 Å². The Morgan fingerprint density at radius 2 is 1.76 bits per heavy atom. The van der Waals surface area contributed by atoms with Crippen LogP contribution in [-0.4, -0.2) is 47.1 Å². The smallest absolute Gasteiger partial charge is 0.134 e. The predicted molar refractivity (Wildman–Crippen MR) is 89.0 cm³/mol. The maximum Gasteiger partial charge on any atom is 0.134 e. The molecule has 2 rings (SSSR count). The average molecular weight is 291 g/mol. The molecule has 0 saturated carbocycles. The van der Waals surface area contributed by atoms with E-state index < -0.39 is 0 Å². The molecule has 5 heteroatoms. The zero-order valence-electron chi connectivity index (χ0n) is 13.9. The topological polar surface area (TPSA) is 53.1 Å². The van der Waals surface area contributed by atoms with Crippen LogP contribution in [-0.2, 0) is 0 Å². The minimum absolute atomic E-state index is 0.528. The molecule has 1 aromatic heterocycles. The molecular weight excluding hydrogens is 262 g/mol. The van der Waals surface area contributed by atoms with Crippen molar-refractivity contribution < 1.29 is 0 Å². The summed E-state index contributed by atoms with van der Waals surface area (Å²) in [6, 6.07) is 0.528. The second kappa shape index (κ2) is 7.59. The van der Waals surface area contributed by atoms with Crippen LogP contribution in [0.1, 0.15) is 44.5 Å². The van der Waals surface area contributed by atoms with Crippen molar-refractivity contribution in [1.29, 1.82) is 0 Å². The monoisotopic (exact) mass is 291 g/mol. The Morgan fingerprint density at radius 3 is 2.38 bits per heavy atom. The number of hydrogen-bond donors (Lipinski definition) is 2. The van der Waals surface area contributed by atoms with Gasteiger partial charge in [-0.15, -0.1) is 0 Å². The summed E-state index contributed by atoms with van der Waals surface area (Å²) in [4.78, 5) is 11.6. The first-order valence-corrected chi connectivity index (χ1v) is 8.22. The highest BCUT2D eigenvalue weighted by Crippen LogP contribution is 2.23. The molecule has 0 amide bonds. The Balaban J connectivity index is 2.00. The molecule has 0 unspecified atom stereocenters. The molecule has 0 spiro atoms. The van der Waals surface area contributed by atoms with Gasteiger partial charge in [0.2, 0.25) is 0 Å². The number of nitrogens with zero attached hydrogens (tertiary/aromatic N) is 3.